The van der Waals surface area contributed by atoms with Crippen molar-refractivity contribution in [2.75, 3.05) is 47.9 Å². The maximum Gasteiger partial charge on any atom is 0.227 e. The smallest absolute Gasteiger partial charge is 0.227 e. The number of anilines is 2. The lowest BCUT2D eigenvalue weighted by molar-refractivity contribution is -0.121. The first kappa shape index (κ1) is 20.7. The summed E-state index contributed by atoms with van der Waals surface area (Å²) in [5.74, 6) is 1.50. The zero-order valence-electron chi connectivity index (χ0n) is 17.3. The summed E-state index contributed by atoms with van der Waals surface area (Å²) in [6.07, 6.45) is 4.81. The molecular weight excluding hydrogens is 386 g/mol. The summed E-state index contributed by atoms with van der Waals surface area (Å²) in [7, 11) is -2.85. The van der Waals surface area contributed by atoms with Crippen LogP contribution in [0.25, 0.3) is 0 Å². The number of carbonyl (C=O) groups is 1. The van der Waals surface area contributed by atoms with E-state index in [0.29, 0.717) is 5.75 Å². The van der Waals surface area contributed by atoms with Gasteiger partial charge in [-0.3, -0.25) is 9.69 Å². The molecule has 3 heterocycles. The molecule has 0 bridgehead atoms. The fraction of sp³-hybridized carbons (Fsp3) is 0.682. The molecule has 0 radical (unpaired) electrons. The molecule has 7 heteroatoms. The third-order valence-corrected chi connectivity index (χ3v) is 8.66. The maximum atomic E-state index is 12.7. The summed E-state index contributed by atoms with van der Waals surface area (Å²) >= 11 is 0. The lowest BCUT2D eigenvalue weighted by Crippen LogP contribution is -2.44. The van der Waals surface area contributed by atoms with Gasteiger partial charge in [-0.1, -0.05) is 6.92 Å². The molecule has 1 atom stereocenters. The van der Waals surface area contributed by atoms with Crippen LogP contribution in [0.4, 0.5) is 11.4 Å². The van der Waals surface area contributed by atoms with Crippen molar-refractivity contribution in [3.8, 4) is 0 Å². The number of carbonyl (C=O) groups excluding carboxylic acids is 1. The van der Waals surface area contributed by atoms with Crippen LogP contribution >= 0.6 is 0 Å². The average molecular weight is 420 g/mol. The van der Waals surface area contributed by atoms with E-state index in [2.05, 4.69) is 34.2 Å². The second kappa shape index (κ2) is 8.64. The Kier molecular flexibility index (Phi) is 6.16. The largest absolute Gasteiger partial charge is 0.372 e. The van der Waals surface area contributed by atoms with Crippen LogP contribution in [-0.2, 0) is 14.6 Å². The fourth-order valence-corrected chi connectivity index (χ4v) is 6.62. The van der Waals surface area contributed by atoms with Gasteiger partial charge in [0.25, 0.3) is 0 Å². The molecule has 0 aromatic heterocycles. The Hall–Kier alpha value is -1.60. The van der Waals surface area contributed by atoms with E-state index in [4.69, 9.17) is 0 Å². The quantitative estimate of drug-likeness (QED) is 0.813. The molecule has 0 aliphatic carbocycles. The number of likely N-dealkylation sites (tertiary alicyclic amines) is 1. The number of sulfone groups is 1. The van der Waals surface area contributed by atoms with Crippen molar-refractivity contribution in [3.05, 3.63) is 24.3 Å². The summed E-state index contributed by atoms with van der Waals surface area (Å²) in [5.41, 5.74) is 2.09. The molecule has 1 aromatic carbocycles. The molecular formula is C22H33N3O3S. The number of rotatable bonds is 4. The van der Waals surface area contributed by atoms with Gasteiger partial charge in [0.05, 0.1) is 11.5 Å². The molecule has 6 nitrogen and oxygen atoms in total. The second-order valence-corrected chi connectivity index (χ2v) is 11.3. The average Bonchev–Trinajstić information content (AvgIpc) is 3.09. The van der Waals surface area contributed by atoms with Gasteiger partial charge in [0, 0.05) is 36.4 Å². The molecule has 1 amide bonds. The predicted octanol–water partition coefficient (Wildman–Crippen LogP) is 2.76. The van der Waals surface area contributed by atoms with Crippen molar-refractivity contribution >= 4 is 27.1 Å². The van der Waals surface area contributed by atoms with E-state index in [1.807, 2.05) is 12.1 Å². The van der Waals surface area contributed by atoms with E-state index in [1.54, 1.807) is 0 Å². The Bertz CT molecular complexity index is 808. The van der Waals surface area contributed by atoms with Crippen LogP contribution in [-0.4, -0.2) is 63.0 Å². The molecule has 3 saturated heterocycles. The van der Waals surface area contributed by atoms with Crippen molar-refractivity contribution in [2.45, 2.75) is 45.1 Å². The zero-order valence-corrected chi connectivity index (χ0v) is 18.2. The molecule has 4 rings (SSSR count). The highest BCUT2D eigenvalue weighted by Gasteiger charge is 2.35. The highest BCUT2D eigenvalue weighted by atomic mass is 32.2. The third kappa shape index (κ3) is 5.12. The molecule has 3 aliphatic rings. The molecule has 0 unspecified atom stereocenters. The minimum atomic E-state index is -2.85. The molecule has 1 N–H and O–H groups in total. The van der Waals surface area contributed by atoms with Gasteiger partial charge in [0.15, 0.2) is 9.84 Å². The Balaban J connectivity index is 1.26. The van der Waals surface area contributed by atoms with Crippen molar-refractivity contribution < 1.29 is 13.2 Å². The molecule has 3 fully saturated rings. The lowest BCUT2D eigenvalue weighted by Gasteiger charge is -2.35. The number of hydrogen-bond acceptors (Lipinski definition) is 5. The third-order valence-electron chi connectivity index (χ3n) is 6.91. The number of nitrogens with zero attached hydrogens (tertiary/aromatic N) is 2. The number of nitrogens with one attached hydrogen (secondary N) is 1. The maximum absolute atomic E-state index is 12.7. The first-order valence-electron chi connectivity index (χ1n) is 11.0. The lowest BCUT2D eigenvalue weighted by atomic mass is 9.94. The van der Waals surface area contributed by atoms with Crippen LogP contribution in [0.1, 0.15) is 39.0 Å². The number of hydrogen-bond donors (Lipinski definition) is 1. The predicted molar refractivity (Wildman–Crippen MR) is 117 cm³/mol. The summed E-state index contributed by atoms with van der Waals surface area (Å²) in [4.78, 5) is 17.4. The van der Waals surface area contributed by atoms with Crippen LogP contribution in [0, 0.1) is 11.8 Å². The van der Waals surface area contributed by atoms with Gasteiger partial charge >= 0.3 is 0 Å². The van der Waals surface area contributed by atoms with Crippen LogP contribution < -0.4 is 10.2 Å². The second-order valence-electron chi connectivity index (χ2n) is 9.07. The minimum absolute atomic E-state index is 0.00696. The Morgan fingerprint density at radius 1 is 0.966 bits per heavy atom. The van der Waals surface area contributed by atoms with E-state index in [1.165, 1.54) is 18.5 Å². The van der Waals surface area contributed by atoms with E-state index in [0.717, 1.165) is 57.0 Å². The number of amides is 1. The Morgan fingerprint density at radius 3 is 2.21 bits per heavy atom. The monoisotopic (exact) mass is 419 g/mol. The SMILES string of the molecule is CC1CCN(c2ccc(NC(=O)C3CCN([C@@H]4CCS(=O)(=O)C4)CC3)cc2)CC1. The van der Waals surface area contributed by atoms with Gasteiger partial charge in [-0.2, -0.15) is 0 Å². The van der Waals surface area contributed by atoms with Gasteiger partial charge in [0.2, 0.25) is 5.91 Å². The zero-order chi connectivity index (χ0) is 20.4. The van der Waals surface area contributed by atoms with E-state index < -0.39 is 9.84 Å². The standard InChI is InChI=1S/C22H33N3O3S/c1-17-6-11-24(12-7-17)20-4-2-19(3-5-20)23-22(26)18-8-13-25(14-9-18)21-10-15-29(27,28)16-21/h2-5,17-18,21H,6-16H2,1H3,(H,23,26)/t21-/m1/s1. The fourth-order valence-electron chi connectivity index (χ4n) is 4.86. The van der Waals surface area contributed by atoms with Crippen LogP contribution in [0.5, 0.6) is 0 Å². The molecule has 3 aliphatic heterocycles. The normalized spacial score (nSPS) is 26.5. The van der Waals surface area contributed by atoms with Gasteiger partial charge in [0.1, 0.15) is 0 Å². The summed E-state index contributed by atoms with van der Waals surface area (Å²) in [6.45, 7) is 6.15. The summed E-state index contributed by atoms with van der Waals surface area (Å²) in [6, 6.07) is 8.37. The Labute approximate surface area is 174 Å². The van der Waals surface area contributed by atoms with Crippen molar-refractivity contribution in [1.29, 1.82) is 0 Å². The van der Waals surface area contributed by atoms with E-state index in [-0.39, 0.29) is 23.6 Å². The van der Waals surface area contributed by atoms with Crippen molar-refractivity contribution in [1.82, 2.24) is 4.90 Å². The van der Waals surface area contributed by atoms with E-state index in [9.17, 15) is 13.2 Å². The summed E-state index contributed by atoms with van der Waals surface area (Å²) < 4.78 is 23.4. The Morgan fingerprint density at radius 2 is 1.62 bits per heavy atom. The van der Waals surface area contributed by atoms with Gasteiger partial charge in [-0.15, -0.1) is 0 Å². The molecule has 1 aromatic rings. The molecule has 29 heavy (non-hydrogen) atoms. The van der Waals surface area contributed by atoms with Crippen LogP contribution in [0.2, 0.25) is 0 Å². The van der Waals surface area contributed by atoms with Crippen LogP contribution in [0.15, 0.2) is 24.3 Å². The minimum Gasteiger partial charge on any atom is -0.372 e. The van der Waals surface area contributed by atoms with Crippen molar-refractivity contribution in [2.24, 2.45) is 11.8 Å². The van der Waals surface area contributed by atoms with E-state index >= 15 is 0 Å². The van der Waals surface area contributed by atoms with Crippen molar-refractivity contribution in [3.63, 3.8) is 0 Å². The topological polar surface area (TPSA) is 69.7 Å². The first-order valence-corrected chi connectivity index (χ1v) is 12.8. The van der Waals surface area contributed by atoms with Gasteiger partial charge in [-0.05, 0) is 75.4 Å². The molecule has 160 valence electrons. The van der Waals surface area contributed by atoms with Gasteiger partial charge in [-0.25, -0.2) is 8.42 Å². The summed E-state index contributed by atoms with van der Waals surface area (Å²) in [5, 5.41) is 3.07. The van der Waals surface area contributed by atoms with Gasteiger partial charge < -0.3 is 10.2 Å². The highest BCUT2D eigenvalue weighted by molar-refractivity contribution is 7.91. The molecule has 0 spiro atoms. The highest BCUT2D eigenvalue weighted by Crippen LogP contribution is 2.27. The van der Waals surface area contributed by atoms with Crippen LogP contribution in [0.3, 0.4) is 0 Å². The molecule has 0 saturated carbocycles. The number of piperidine rings is 2. The number of benzene rings is 1. The first-order chi connectivity index (χ1) is 13.9.